The van der Waals surface area contributed by atoms with Gasteiger partial charge in [-0.05, 0) is 43.7 Å². The molecule has 0 saturated heterocycles. The Bertz CT molecular complexity index is 875. The maximum atomic E-state index is 12.1. The molecule has 1 N–H and O–H groups in total. The summed E-state index contributed by atoms with van der Waals surface area (Å²) < 4.78 is 5.87. The summed E-state index contributed by atoms with van der Waals surface area (Å²) in [6.45, 7) is 0.647. The summed E-state index contributed by atoms with van der Waals surface area (Å²) in [4.78, 5) is 24.0. The zero-order valence-electron chi connectivity index (χ0n) is 14.8. The second kappa shape index (κ2) is 8.03. The topological polar surface area (TPSA) is 107 Å². The molecule has 0 spiro atoms. The summed E-state index contributed by atoms with van der Waals surface area (Å²) in [5, 5.41) is 11.3. The van der Waals surface area contributed by atoms with Crippen molar-refractivity contribution < 1.29 is 9.21 Å². The highest BCUT2D eigenvalue weighted by atomic mass is 16.4. The zero-order valence-corrected chi connectivity index (χ0v) is 14.8. The second-order valence-electron chi connectivity index (χ2n) is 6.70. The molecule has 1 aliphatic carbocycles. The van der Waals surface area contributed by atoms with Crippen LogP contribution in [0.1, 0.15) is 48.0 Å². The van der Waals surface area contributed by atoms with Crippen molar-refractivity contribution >= 4 is 5.91 Å². The Morgan fingerprint density at radius 1 is 1.04 bits per heavy atom. The van der Waals surface area contributed by atoms with Crippen LogP contribution in [0.3, 0.4) is 0 Å². The molecule has 3 aromatic rings. The van der Waals surface area contributed by atoms with E-state index in [1.165, 1.54) is 12.4 Å². The van der Waals surface area contributed by atoms with E-state index in [0.29, 0.717) is 29.9 Å². The third-order valence-electron chi connectivity index (χ3n) is 4.91. The summed E-state index contributed by atoms with van der Waals surface area (Å²) in [5.41, 5.74) is 1.23. The number of carbonyl (C=O) groups excluding carboxylic acids is 1. The minimum Gasteiger partial charge on any atom is -0.420 e. The van der Waals surface area contributed by atoms with Crippen molar-refractivity contribution in [1.82, 2.24) is 30.5 Å². The van der Waals surface area contributed by atoms with Gasteiger partial charge >= 0.3 is 0 Å². The normalized spacial score (nSPS) is 19.6. The van der Waals surface area contributed by atoms with Gasteiger partial charge in [-0.25, -0.2) is 4.98 Å². The Morgan fingerprint density at radius 2 is 1.85 bits per heavy atom. The molecule has 3 aromatic heterocycles. The molecule has 8 heteroatoms. The first-order valence-electron chi connectivity index (χ1n) is 9.07. The van der Waals surface area contributed by atoms with Crippen molar-refractivity contribution in [1.29, 1.82) is 0 Å². The lowest BCUT2D eigenvalue weighted by molar-refractivity contribution is 0.0937. The fraction of sp³-hybridized carbons (Fsp3) is 0.368. The average molecular weight is 364 g/mol. The van der Waals surface area contributed by atoms with E-state index in [1.807, 2.05) is 12.1 Å². The molecule has 0 radical (unpaired) electrons. The molecule has 138 valence electrons. The van der Waals surface area contributed by atoms with E-state index in [2.05, 4.69) is 30.5 Å². The first kappa shape index (κ1) is 17.3. The predicted octanol–water partition coefficient (Wildman–Crippen LogP) is 2.63. The van der Waals surface area contributed by atoms with Gasteiger partial charge in [0.25, 0.3) is 5.91 Å². The fourth-order valence-corrected chi connectivity index (χ4v) is 3.37. The second-order valence-corrected chi connectivity index (χ2v) is 6.70. The van der Waals surface area contributed by atoms with Crippen molar-refractivity contribution in [2.75, 3.05) is 6.54 Å². The quantitative estimate of drug-likeness (QED) is 0.741. The van der Waals surface area contributed by atoms with Gasteiger partial charge in [0, 0.05) is 42.8 Å². The Kier molecular flexibility index (Phi) is 5.13. The van der Waals surface area contributed by atoms with Crippen LogP contribution in [-0.4, -0.2) is 37.6 Å². The van der Waals surface area contributed by atoms with Gasteiger partial charge in [0.1, 0.15) is 5.69 Å². The third kappa shape index (κ3) is 4.16. The SMILES string of the molecule is O=C(NCC1CCC(c2nnc(-c3ccncc3)o2)CC1)c1cnccn1. The largest absolute Gasteiger partial charge is 0.420 e. The van der Waals surface area contributed by atoms with Crippen molar-refractivity contribution in [3.8, 4) is 11.5 Å². The van der Waals surface area contributed by atoms with Crippen LogP contribution in [-0.2, 0) is 0 Å². The van der Waals surface area contributed by atoms with E-state index >= 15 is 0 Å². The number of nitrogens with one attached hydrogen (secondary N) is 1. The minimum atomic E-state index is -0.177. The van der Waals surface area contributed by atoms with Gasteiger partial charge in [0.2, 0.25) is 11.8 Å². The molecule has 27 heavy (non-hydrogen) atoms. The van der Waals surface area contributed by atoms with Crippen molar-refractivity contribution in [3.05, 3.63) is 54.7 Å². The molecule has 3 heterocycles. The molecule has 1 aliphatic rings. The monoisotopic (exact) mass is 364 g/mol. The van der Waals surface area contributed by atoms with Crippen LogP contribution >= 0.6 is 0 Å². The average Bonchev–Trinajstić information content (AvgIpc) is 3.24. The third-order valence-corrected chi connectivity index (χ3v) is 4.91. The maximum Gasteiger partial charge on any atom is 0.271 e. The lowest BCUT2D eigenvalue weighted by Crippen LogP contribution is -2.31. The lowest BCUT2D eigenvalue weighted by atomic mass is 9.82. The van der Waals surface area contributed by atoms with Crippen LogP contribution in [0.15, 0.2) is 47.5 Å². The number of carbonyl (C=O) groups is 1. The summed E-state index contributed by atoms with van der Waals surface area (Å²) in [6, 6.07) is 3.71. The number of hydrogen-bond donors (Lipinski definition) is 1. The summed E-state index contributed by atoms with van der Waals surface area (Å²) in [6.07, 6.45) is 11.9. The van der Waals surface area contributed by atoms with Crippen LogP contribution in [0.25, 0.3) is 11.5 Å². The number of hydrogen-bond acceptors (Lipinski definition) is 7. The Morgan fingerprint density at radius 3 is 2.59 bits per heavy atom. The highest BCUT2D eigenvalue weighted by Crippen LogP contribution is 2.35. The molecule has 8 nitrogen and oxygen atoms in total. The number of pyridine rings is 1. The number of amides is 1. The van der Waals surface area contributed by atoms with Crippen molar-refractivity contribution in [2.45, 2.75) is 31.6 Å². The maximum absolute atomic E-state index is 12.1. The Labute approximate surface area is 156 Å². The van der Waals surface area contributed by atoms with E-state index in [0.717, 1.165) is 31.2 Å². The fourth-order valence-electron chi connectivity index (χ4n) is 3.37. The Balaban J connectivity index is 1.28. The zero-order chi connectivity index (χ0) is 18.5. The van der Waals surface area contributed by atoms with Gasteiger partial charge in [-0.3, -0.25) is 14.8 Å². The molecular formula is C19H20N6O2. The molecule has 0 bridgehead atoms. The molecule has 1 amide bonds. The van der Waals surface area contributed by atoms with Crippen LogP contribution in [0.2, 0.25) is 0 Å². The predicted molar refractivity (Wildman–Crippen MR) is 96.6 cm³/mol. The smallest absolute Gasteiger partial charge is 0.271 e. The van der Waals surface area contributed by atoms with Gasteiger partial charge in [-0.2, -0.15) is 0 Å². The number of aromatic nitrogens is 5. The molecular weight excluding hydrogens is 344 g/mol. The van der Waals surface area contributed by atoms with Crippen LogP contribution in [0, 0.1) is 5.92 Å². The van der Waals surface area contributed by atoms with E-state index in [9.17, 15) is 4.79 Å². The van der Waals surface area contributed by atoms with Crippen molar-refractivity contribution in [2.24, 2.45) is 5.92 Å². The lowest BCUT2D eigenvalue weighted by Gasteiger charge is -2.26. The van der Waals surface area contributed by atoms with Gasteiger partial charge in [0.15, 0.2) is 0 Å². The van der Waals surface area contributed by atoms with Gasteiger partial charge in [0.05, 0.1) is 6.20 Å². The van der Waals surface area contributed by atoms with Gasteiger partial charge in [-0.15, -0.1) is 10.2 Å². The minimum absolute atomic E-state index is 0.177. The first-order valence-corrected chi connectivity index (χ1v) is 9.07. The molecule has 4 rings (SSSR count). The standard InChI is InChI=1S/C19H20N6O2/c26-17(16-12-21-9-10-22-16)23-11-13-1-3-14(4-2-13)18-24-25-19(27-18)15-5-7-20-8-6-15/h5-10,12-14H,1-4,11H2,(H,23,26). The van der Waals surface area contributed by atoms with Crippen LogP contribution < -0.4 is 5.32 Å². The highest BCUT2D eigenvalue weighted by Gasteiger charge is 2.27. The molecule has 1 saturated carbocycles. The Hall–Kier alpha value is -3.16. The van der Waals surface area contributed by atoms with E-state index < -0.39 is 0 Å². The molecule has 1 fully saturated rings. The molecule has 0 aliphatic heterocycles. The van der Waals surface area contributed by atoms with Crippen LogP contribution in [0.5, 0.6) is 0 Å². The summed E-state index contributed by atoms with van der Waals surface area (Å²) in [7, 11) is 0. The number of rotatable bonds is 5. The van der Waals surface area contributed by atoms with E-state index in [4.69, 9.17) is 4.42 Å². The molecule has 0 unspecified atom stereocenters. The highest BCUT2D eigenvalue weighted by molar-refractivity contribution is 5.91. The molecule has 0 atom stereocenters. The van der Waals surface area contributed by atoms with E-state index in [-0.39, 0.29) is 11.8 Å². The van der Waals surface area contributed by atoms with E-state index in [1.54, 1.807) is 18.6 Å². The molecule has 0 aromatic carbocycles. The van der Waals surface area contributed by atoms with Gasteiger partial charge in [-0.1, -0.05) is 0 Å². The van der Waals surface area contributed by atoms with Gasteiger partial charge < -0.3 is 9.73 Å². The van der Waals surface area contributed by atoms with Crippen molar-refractivity contribution in [3.63, 3.8) is 0 Å². The summed E-state index contributed by atoms with van der Waals surface area (Å²) >= 11 is 0. The summed E-state index contributed by atoms with van der Waals surface area (Å²) in [5.74, 6) is 1.78. The number of nitrogens with zero attached hydrogens (tertiary/aromatic N) is 5. The van der Waals surface area contributed by atoms with Crippen LogP contribution in [0.4, 0.5) is 0 Å². The first-order chi connectivity index (χ1) is 13.3.